The van der Waals surface area contributed by atoms with Crippen molar-refractivity contribution in [1.29, 1.82) is 0 Å². The Morgan fingerprint density at radius 1 is 1.25 bits per heavy atom. The lowest BCUT2D eigenvalue weighted by Gasteiger charge is -2.25. The van der Waals surface area contributed by atoms with E-state index in [1.54, 1.807) is 25.9 Å². The number of hydrazine groups is 1. The average molecular weight is 469 g/mol. The fourth-order valence-corrected chi connectivity index (χ4v) is 4.70. The van der Waals surface area contributed by atoms with Gasteiger partial charge in [0.05, 0.1) is 32.2 Å². The fraction of sp³-hybridized carbons (Fsp3) is 0.667. The van der Waals surface area contributed by atoms with Crippen molar-refractivity contribution < 1.29 is 24.2 Å². The number of thioether (sulfide) groups is 1. The molecule has 7 nitrogen and oxygen atoms in total. The normalized spacial score (nSPS) is 13.4. The van der Waals surface area contributed by atoms with Crippen molar-refractivity contribution >= 4 is 23.6 Å². The second kappa shape index (κ2) is 15.3. The van der Waals surface area contributed by atoms with Crippen LogP contribution in [0.5, 0.6) is 0 Å². The molecule has 0 aliphatic carbocycles. The molecule has 0 aliphatic rings. The molecule has 0 spiro atoms. The minimum absolute atomic E-state index is 0.0708. The van der Waals surface area contributed by atoms with E-state index in [0.29, 0.717) is 6.42 Å². The molecule has 1 amide bonds. The number of hydrogen-bond acceptors (Lipinski definition) is 7. The molecule has 0 heterocycles. The van der Waals surface area contributed by atoms with Crippen molar-refractivity contribution in [1.82, 2.24) is 10.9 Å². The largest absolute Gasteiger partial charge is 0.469 e. The number of nitrogens with one attached hydrogen (secondary N) is 2. The van der Waals surface area contributed by atoms with E-state index in [1.165, 1.54) is 7.11 Å². The van der Waals surface area contributed by atoms with Gasteiger partial charge in [0.2, 0.25) is 5.91 Å². The summed E-state index contributed by atoms with van der Waals surface area (Å²) in [5, 5.41) is 9.00. The number of aliphatic hydroxyl groups excluding tert-OH is 1. The van der Waals surface area contributed by atoms with Crippen molar-refractivity contribution in [3.05, 3.63) is 35.4 Å². The number of rotatable bonds is 16. The molecule has 0 aliphatic heterocycles. The molecule has 2 unspecified atom stereocenters. The van der Waals surface area contributed by atoms with Gasteiger partial charge in [0, 0.05) is 19.9 Å². The molecule has 2 atom stereocenters. The summed E-state index contributed by atoms with van der Waals surface area (Å²) >= 11 is 1.76. The second-order valence-corrected chi connectivity index (χ2v) is 9.85. The third-order valence-corrected chi connectivity index (χ3v) is 6.83. The summed E-state index contributed by atoms with van der Waals surface area (Å²) < 4.78 is 10.1. The zero-order valence-electron chi connectivity index (χ0n) is 20.1. The first-order valence-corrected chi connectivity index (χ1v) is 12.2. The maximum absolute atomic E-state index is 12.8. The van der Waals surface area contributed by atoms with Gasteiger partial charge in [0.25, 0.3) is 0 Å². The Bertz CT molecular complexity index is 699. The monoisotopic (exact) mass is 468 g/mol. The standard InChI is InChI=1S/C24H40N2O5S/c1-24(2,17-32-13-12-27)11-7-10-21(22(28)26-25-3)19-9-6-8-18(14-19)15-20(16-30-4)23(29)31-5/h6,8-9,14,20-21,25,27H,7,10-13,15-17H2,1-5H3,(H,26,28). The van der Waals surface area contributed by atoms with Gasteiger partial charge in [-0.1, -0.05) is 44.5 Å². The van der Waals surface area contributed by atoms with Crippen LogP contribution >= 0.6 is 11.8 Å². The van der Waals surface area contributed by atoms with Crippen LogP contribution in [-0.4, -0.2) is 63.0 Å². The van der Waals surface area contributed by atoms with Crippen LogP contribution in [-0.2, 0) is 25.5 Å². The molecule has 1 rings (SSSR count). The maximum atomic E-state index is 12.8. The lowest BCUT2D eigenvalue weighted by Crippen LogP contribution is -2.38. The number of methoxy groups -OCH3 is 2. The van der Waals surface area contributed by atoms with Crippen LogP contribution in [0.3, 0.4) is 0 Å². The molecular formula is C24H40N2O5S. The van der Waals surface area contributed by atoms with Crippen molar-refractivity contribution in [2.45, 2.75) is 45.4 Å². The Labute approximate surface area is 197 Å². The van der Waals surface area contributed by atoms with Gasteiger partial charge in [-0.2, -0.15) is 11.8 Å². The average Bonchev–Trinajstić information content (AvgIpc) is 2.76. The predicted octanol–water partition coefficient (Wildman–Crippen LogP) is 2.92. The molecule has 32 heavy (non-hydrogen) atoms. The Morgan fingerprint density at radius 3 is 2.62 bits per heavy atom. The van der Waals surface area contributed by atoms with Crippen molar-refractivity contribution in [2.75, 3.05) is 46.0 Å². The topological polar surface area (TPSA) is 96.9 Å². The van der Waals surface area contributed by atoms with Gasteiger partial charge < -0.3 is 14.6 Å². The van der Waals surface area contributed by atoms with Gasteiger partial charge >= 0.3 is 5.97 Å². The number of esters is 1. The summed E-state index contributed by atoms with van der Waals surface area (Å²) in [6.07, 6.45) is 3.12. The van der Waals surface area contributed by atoms with E-state index in [9.17, 15) is 9.59 Å². The van der Waals surface area contributed by atoms with Crippen molar-refractivity contribution in [3.8, 4) is 0 Å². The highest BCUT2D eigenvalue weighted by Crippen LogP contribution is 2.31. The third kappa shape index (κ3) is 10.3. The predicted molar refractivity (Wildman–Crippen MR) is 130 cm³/mol. The summed E-state index contributed by atoms with van der Waals surface area (Å²) in [7, 11) is 4.62. The molecular weight excluding hydrogens is 428 g/mol. The SMILES string of the molecule is CNNC(=O)C(CCCC(C)(C)CSCCO)c1cccc(CC(COC)C(=O)OC)c1. The highest BCUT2D eigenvalue weighted by atomic mass is 32.2. The highest BCUT2D eigenvalue weighted by molar-refractivity contribution is 7.99. The van der Waals surface area contributed by atoms with Crippen LogP contribution < -0.4 is 10.9 Å². The molecule has 1 aromatic carbocycles. The number of amides is 1. The van der Waals surface area contributed by atoms with Gasteiger partial charge in [0.15, 0.2) is 0 Å². The molecule has 1 aromatic rings. The molecule has 0 saturated heterocycles. The summed E-state index contributed by atoms with van der Waals surface area (Å²) in [6, 6.07) is 7.87. The van der Waals surface area contributed by atoms with E-state index in [0.717, 1.165) is 41.9 Å². The van der Waals surface area contributed by atoms with E-state index in [-0.39, 0.29) is 42.3 Å². The zero-order chi connectivity index (χ0) is 24.0. The summed E-state index contributed by atoms with van der Waals surface area (Å²) in [5.41, 5.74) is 7.51. The van der Waals surface area contributed by atoms with Crippen LogP contribution in [0.4, 0.5) is 0 Å². The number of ether oxygens (including phenoxy) is 2. The molecule has 3 N–H and O–H groups in total. The quantitative estimate of drug-likeness (QED) is 0.195. The van der Waals surface area contributed by atoms with Crippen LogP contribution in [0.25, 0.3) is 0 Å². The first kappa shape index (κ1) is 28.4. The van der Waals surface area contributed by atoms with E-state index >= 15 is 0 Å². The van der Waals surface area contributed by atoms with Gasteiger partial charge in [-0.05, 0) is 41.6 Å². The van der Waals surface area contributed by atoms with Gasteiger partial charge in [-0.25, -0.2) is 5.43 Å². The van der Waals surface area contributed by atoms with Crippen LogP contribution in [0, 0.1) is 11.3 Å². The molecule has 0 bridgehead atoms. The molecule has 182 valence electrons. The van der Waals surface area contributed by atoms with Gasteiger partial charge in [-0.3, -0.25) is 15.0 Å². The zero-order valence-corrected chi connectivity index (χ0v) is 20.9. The first-order chi connectivity index (χ1) is 15.3. The lowest BCUT2D eigenvalue weighted by molar-refractivity contribution is -0.147. The minimum atomic E-state index is -0.387. The Hall–Kier alpha value is -1.61. The van der Waals surface area contributed by atoms with E-state index in [4.69, 9.17) is 14.6 Å². The maximum Gasteiger partial charge on any atom is 0.311 e. The van der Waals surface area contributed by atoms with Crippen LogP contribution in [0.15, 0.2) is 24.3 Å². The Balaban J connectivity index is 2.91. The molecule has 0 fully saturated rings. The molecule has 8 heteroatoms. The van der Waals surface area contributed by atoms with Crippen molar-refractivity contribution in [2.24, 2.45) is 11.3 Å². The summed E-state index contributed by atoms with van der Waals surface area (Å²) in [4.78, 5) is 24.9. The Morgan fingerprint density at radius 2 is 2.00 bits per heavy atom. The molecule has 0 saturated carbocycles. The van der Waals surface area contributed by atoms with E-state index in [1.807, 2.05) is 24.3 Å². The first-order valence-electron chi connectivity index (χ1n) is 11.1. The number of carbonyl (C=O) groups excluding carboxylic acids is 2. The number of benzene rings is 1. The fourth-order valence-electron chi connectivity index (χ4n) is 3.73. The summed E-state index contributed by atoms with van der Waals surface area (Å²) in [5.74, 6) is 0.676. The lowest BCUT2D eigenvalue weighted by atomic mass is 9.85. The number of hydrogen-bond donors (Lipinski definition) is 3. The third-order valence-electron chi connectivity index (χ3n) is 5.38. The van der Waals surface area contributed by atoms with E-state index in [2.05, 4.69) is 24.7 Å². The van der Waals surface area contributed by atoms with Crippen LogP contribution in [0.1, 0.15) is 50.2 Å². The van der Waals surface area contributed by atoms with Gasteiger partial charge in [-0.15, -0.1) is 0 Å². The smallest absolute Gasteiger partial charge is 0.311 e. The summed E-state index contributed by atoms with van der Waals surface area (Å²) in [6.45, 7) is 4.93. The number of carbonyl (C=O) groups is 2. The molecule has 0 aromatic heterocycles. The Kier molecular flexibility index (Phi) is 13.6. The van der Waals surface area contributed by atoms with Crippen LogP contribution in [0.2, 0.25) is 0 Å². The second-order valence-electron chi connectivity index (χ2n) is 8.75. The highest BCUT2D eigenvalue weighted by Gasteiger charge is 2.25. The van der Waals surface area contributed by atoms with Gasteiger partial charge in [0.1, 0.15) is 0 Å². The van der Waals surface area contributed by atoms with E-state index < -0.39 is 0 Å². The number of aliphatic hydroxyl groups is 1. The minimum Gasteiger partial charge on any atom is -0.469 e. The molecule has 0 radical (unpaired) electrons. The van der Waals surface area contributed by atoms with Crippen molar-refractivity contribution in [3.63, 3.8) is 0 Å².